The van der Waals surface area contributed by atoms with Gasteiger partial charge in [-0.25, -0.2) is 12.8 Å². The number of likely N-dealkylation sites (N-methyl/N-ethyl adjacent to an activating group) is 1. The number of carbonyl (C=O) groups is 2. The van der Waals surface area contributed by atoms with Crippen molar-refractivity contribution in [3.8, 4) is 0 Å². The molecule has 1 N–H and O–H groups in total. The molecule has 0 bridgehead atoms. The lowest BCUT2D eigenvalue weighted by molar-refractivity contribution is -0.140. The third-order valence-electron chi connectivity index (χ3n) is 5.32. The molecule has 10 heteroatoms. The summed E-state index contributed by atoms with van der Waals surface area (Å²) in [6.07, 6.45) is 0.855. The highest BCUT2D eigenvalue weighted by atomic mass is 32.2. The number of piperidine rings is 1. The number of thiophene rings is 1. The van der Waals surface area contributed by atoms with E-state index >= 15 is 0 Å². The van der Waals surface area contributed by atoms with Crippen molar-refractivity contribution in [1.82, 2.24) is 14.5 Å². The first-order valence-corrected chi connectivity index (χ1v) is 12.5. The maximum Gasteiger partial charge on any atom is 0.252 e. The largest absolute Gasteiger partial charge is 0.350 e. The van der Waals surface area contributed by atoms with Gasteiger partial charge in [0.05, 0.1) is 6.54 Å². The zero-order chi connectivity index (χ0) is 22.4. The van der Waals surface area contributed by atoms with Crippen molar-refractivity contribution < 1.29 is 22.4 Å². The molecule has 0 aliphatic carbocycles. The van der Waals surface area contributed by atoms with E-state index in [0.717, 1.165) is 5.56 Å². The SMILES string of the molecule is CCN(CC(=O)NCc1ccc(F)cc1)C(=O)C1CCN(S(=O)(=O)c2cccs2)CC1. The second-order valence-electron chi connectivity index (χ2n) is 7.37. The lowest BCUT2D eigenvalue weighted by atomic mass is 9.96. The molecule has 0 saturated carbocycles. The van der Waals surface area contributed by atoms with Crippen LogP contribution in [-0.4, -0.2) is 55.6 Å². The Morgan fingerprint density at radius 3 is 2.45 bits per heavy atom. The van der Waals surface area contributed by atoms with Gasteiger partial charge in [0.1, 0.15) is 10.0 Å². The van der Waals surface area contributed by atoms with Crippen LogP contribution in [0.2, 0.25) is 0 Å². The van der Waals surface area contributed by atoms with E-state index in [4.69, 9.17) is 0 Å². The lowest BCUT2D eigenvalue weighted by Crippen LogP contribution is -2.46. The van der Waals surface area contributed by atoms with E-state index in [0.29, 0.717) is 23.6 Å². The fourth-order valence-electron chi connectivity index (χ4n) is 3.52. The number of carbonyl (C=O) groups excluding carboxylic acids is 2. The van der Waals surface area contributed by atoms with Crippen LogP contribution in [0.4, 0.5) is 4.39 Å². The zero-order valence-corrected chi connectivity index (χ0v) is 18.9. The van der Waals surface area contributed by atoms with Crippen LogP contribution in [0.1, 0.15) is 25.3 Å². The number of amides is 2. The molecule has 0 radical (unpaired) electrons. The van der Waals surface area contributed by atoms with Crippen LogP contribution in [0.15, 0.2) is 46.0 Å². The number of nitrogens with one attached hydrogen (secondary N) is 1. The van der Waals surface area contributed by atoms with Gasteiger partial charge in [-0.05, 0) is 48.9 Å². The number of halogens is 1. The van der Waals surface area contributed by atoms with Crippen molar-refractivity contribution >= 4 is 33.2 Å². The minimum absolute atomic E-state index is 0.0652. The van der Waals surface area contributed by atoms with Crippen LogP contribution in [0.3, 0.4) is 0 Å². The first-order valence-electron chi connectivity index (χ1n) is 10.1. The van der Waals surface area contributed by atoms with Gasteiger partial charge < -0.3 is 10.2 Å². The van der Waals surface area contributed by atoms with Gasteiger partial charge in [0, 0.05) is 32.1 Å². The summed E-state index contributed by atoms with van der Waals surface area (Å²) in [7, 11) is -3.51. The quantitative estimate of drug-likeness (QED) is 0.646. The van der Waals surface area contributed by atoms with Gasteiger partial charge in [-0.2, -0.15) is 4.31 Å². The summed E-state index contributed by atoms with van der Waals surface area (Å²) < 4.78 is 40.0. The minimum Gasteiger partial charge on any atom is -0.350 e. The molecule has 1 aromatic heterocycles. The van der Waals surface area contributed by atoms with Gasteiger partial charge in [-0.3, -0.25) is 9.59 Å². The van der Waals surface area contributed by atoms with Crippen molar-refractivity contribution in [2.45, 2.75) is 30.5 Å². The predicted molar refractivity (Wildman–Crippen MR) is 116 cm³/mol. The Kier molecular flexibility index (Phi) is 7.79. The third-order valence-corrected chi connectivity index (χ3v) is 8.59. The molecular weight excluding hydrogens is 441 g/mol. The monoisotopic (exact) mass is 467 g/mol. The van der Waals surface area contributed by atoms with Gasteiger partial charge in [-0.1, -0.05) is 18.2 Å². The van der Waals surface area contributed by atoms with E-state index in [2.05, 4.69) is 5.32 Å². The van der Waals surface area contributed by atoms with Crippen LogP contribution in [0, 0.1) is 11.7 Å². The van der Waals surface area contributed by atoms with E-state index in [1.54, 1.807) is 29.6 Å². The first kappa shape index (κ1) is 23.4. The molecule has 0 unspecified atom stereocenters. The number of rotatable bonds is 8. The van der Waals surface area contributed by atoms with Crippen molar-refractivity contribution in [3.63, 3.8) is 0 Å². The second-order valence-corrected chi connectivity index (χ2v) is 10.5. The smallest absolute Gasteiger partial charge is 0.252 e. The Labute approximate surface area is 185 Å². The Morgan fingerprint density at radius 1 is 1.19 bits per heavy atom. The average molecular weight is 468 g/mol. The summed E-state index contributed by atoms with van der Waals surface area (Å²) in [4.78, 5) is 26.7. The van der Waals surface area contributed by atoms with Gasteiger partial charge in [0.25, 0.3) is 10.0 Å². The highest BCUT2D eigenvalue weighted by Crippen LogP contribution is 2.27. The van der Waals surface area contributed by atoms with Crippen molar-refractivity contribution in [3.05, 3.63) is 53.2 Å². The zero-order valence-electron chi connectivity index (χ0n) is 17.3. The molecule has 31 heavy (non-hydrogen) atoms. The standard InChI is InChI=1S/C21H26FN3O4S2/c1-2-24(15-19(26)23-14-16-5-7-18(22)8-6-16)21(27)17-9-11-25(12-10-17)31(28,29)20-4-3-13-30-20/h3-8,13,17H,2,9-12,14-15H2,1H3,(H,23,26). The second kappa shape index (κ2) is 10.3. The minimum atomic E-state index is -3.51. The molecule has 0 spiro atoms. The van der Waals surface area contributed by atoms with Crippen molar-refractivity contribution in [1.29, 1.82) is 0 Å². The Bertz CT molecular complexity index is 986. The molecule has 3 rings (SSSR count). The fraction of sp³-hybridized carbons (Fsp3) is 0.429. The normalized spacial score (nSPS) is 15.5. The summed E-state index contributed by atoms with van der Waals surface area (Å²) in [5, 5.41) is 4.47. The Hall–Kier alpha value is -2.30. The molecule has 1 aromatic carbocycles. The van der Waals surface area contributed by atoms with E-state index in [1.807, 2.05) is 6.92 Å². The van der Waals surface area contributed by atoms with Crippen LogP contribution in [-0.2, 0) is 26.2 Å². The third kappa shape index (κ3) is 5.90. The Morgan fingerprint density at radius 2 is 1.87 bits per heavy atom. The van der Waals surface area contributed by atoms with Crippen molar-refractivity contribution in [2.24, 2.45) is 5.92 Å². The van der Waals surface area contributed by atoms with E-state index in [-0.39, 0.29) is 49.7 Å². The Balaban J connectivity index is 1.50. The van der Waals surface area contributed by atoms with Crippen molar-refractivity contribution in [2.75, 3.05) is 26.2 Å². The summed E-state index contributed by atoms with van der Waals surface area (Å²) >= 11 is 1.18. The number of hydrogen-bond donors (Lipinski definition) is 1. The highest BCUT2D eigenvalue weighted by Gasteiger charge is 2.34. The maximum atomic E-state index is 13.0. The number of sulfonamides is 1. The van der Waals surface area contributed by atoms with E-state index in [9.17, 15) is 22.4 Å². The summed E-state index contributed by atoms with van der Waals surface area (Å²) in [6, 6.07) is 9.13. The summed E-state index contributed by atoms with van der Waals surface area (Å²) in [5.41, 5.74) is 0.767. The van der Waals surface area contributed by atoms with Gasteiger partial charge in [-0.15, -0.1) is 11.3 Å². The van der Waals surface area contributed by atoms with Gasteiger partial charge in [0.2, 0.25) is 11.8 Å². The molecule has 7 nitrogen and oxygen atoms in total. The molecule has 168 valence electrons. The van der Waals surface area contributed by atoms with E-state index in [1.165, 1.54) is 32.7 Å². The fourth-order valence-corrected chi connectivity index (χ4v) is 6.13. The molecule has 1 aliphatic rings. The maximum absolute atomic E-state index is 13.0. The number of benzene rings is 1. The van der Waals surface area contributed by atoms with Crippen LogP contribution in [0.5, 0.6) is 0 Å². The van der Waals surface area contributed by atoms with Crippen LogP contribution < -0.4 is 5.32 Å². The van der Waals surface area contributed by atoms with E-state index < -0.39 is 10.0 Å². The van der Waals surface area contributed by atoms with Gasteiger partial charge in [0.15, 0.2) is 0 Å². The van der Waals surface area contributed by atoms with Gasteiger partial charge >= 0.3 is 0 Å². The summed E-state index contributed by atoms with van der Waals surface area (Å²) in [6.45, 7) is 2.95. The molecule has 2 amide bonds. The molecule has 2 aromatic rings. The van der Waals surface area contributed by atoms with Crippen LogP contribution in [0.25, 0.3) is 0 Å². The summed E-state index contributed by atoms with van der Waals surface area (Å²) in [5.74, 6) is -1.07. The highest BCUT2D eigenvalue weighted by molar-refractivity contribution is 7.91. The molecule has 2 heterocycles. The lowest BCUT2D eigenvalue weighted by Gasteiger charge is -2.33. The average Bonchev–Trinajstić information content (AvgIpc) is 3.33. The molecule has 1 fully saturated rings. The predicted octanol–water partition coefficient (Wildman–Crippen LogP) is 2.45. The molecule has 0 atom stereocenters. The molecule has 1 aliphatic heterocycles. The number of hydrogen-bond acceptors (Lipinski definition) is 5. The first-order chi connectivity index (χ1) is 14.8. The van der Waals surface area contributed by atoms with Crippen LogP contribution >= 0.6 is 11.3 Å². The topological polar surface area (TPSA) is 86.8 Å². The molecular formula is C21H26FN3O4S2. The molecule has 1 saturated heterocycles. The number of nitrogens with zero attached hydrogens (tertiary/aromatic N) is 2.